The Hall–Kier alpha value is -3.29. The third-order valence-electron chi connectivity index (χ3n) is 3.92. The molecule has 0 fully saturated rings. The molecule has 0 aliphatic carbocycles. The summed E-state index contributed by atoms with van der Waals surface area (Å²) < 4.78 is 0.876. The predicted octanol–water partition coefficient (Wildman–Crippen LogP) is 1.47. The maximum absolute atomic E-state index is 12.7. The number of hydrogen-bond acceptors (Lipinski definition) is 5. The van der Waals surface area contributed by atoms with Gasteiger partial charge in [0.15, 0.2) is 0 Å². The van der Waals surface area contributed by atoms with Crippen molar-refractivity contribution >= 4 is 34.0 Å². The summed E-state index contributed by atoms with van der Waals surface area (Å²) in [6.07, 6.45) is 1.77. The number of benzene rings is 1. The van der Waals surface area contributed by atoms with E-state index in [4.69, 9.17) is 0 Å². The van der Waals surface area contributed by atoms with Gasteiger partial charge in [0, 0.05) is 31.7 Å². The number of amides is 1. The van der Waals surface area contributed by atoms with Crippen LogP contribution in [0.15, 0.2) is 36.5 Å². The third kappa shape index (κ3) is 3.06. The molecule has 0 radical (unpaired) electrons. The van der Waals surface area contributed by atoms with Crippen molar-refractivity contribution in [2.75, 3.05) is 43.3 Å². The van der Waals surface area contributed by atoms with E-state index in [2.05, 4.69) is 15.5 Å². The van der Waals surface area contributed by atoms with Crippen molar-refractivity contribution in [2.45, 2.75) is 0 Å². The standard InChI is InChI=1S/C17H20N6O2/c1-21(2)15-9-12-11(10-18-20-12)8-13(15)19-17(24)14-6-5-7-16(22(3)4)23(14)25/h5-10,24-25H,1-4H3/p+1. The quantitative estimate of drug-likeness (QED) is 0.494. The van der Waals surface area contributed by atoms with Crippen molar-refractivity contribution in [2.24, 2.45) is 0 Å². The summed E-state index contributed by atoms with van der Waals surface area (Å²) in [5.41, 5.74) is 2.41. The van der Waals surface area contributed by atoms with Crippen LogP contribution in [-0.2, 0) is 0 Å². The zero-order valence-corrected chi connectivity index (χ0v) is 14.6. The third-order valence-corrected chi connectivity index (χ3v) is 3.92. The average Bonchev–Trinajstić information content (AvgIpc) is 3.01. The average molecular weight is 341 g/mol. The molecule has 8 heteroatoms. The number of pyridine rings is 1. The Balaban J connectivity index is 2.00. The molecule has 0 aliphatic heterocycles. The van der Waals surface area contributed by atoms with Gasteiger partial charge in [-0.05, 0) is 29.0 Å². The summed E-state index contributed by atoms with van der Waals surface area (Å²) in [5.74, 6) is 0.0999. The Morgan fingerprint density at radius 3 is 2.64 bits per heavy atom. The van der Waals surface area contributed by atoms with E-state index in [0.717, 1.165) is 21.3 Å². The maximum Gasteiger partial charge on any atom is 0.316 e. The molecule has 0 saturated carbocycles. The van der Waals surface area contributed by atoms with Crippen LogP contribution < -0.4 is 19.8 Å². The van der Waals surface area contributed by atoms with E-state index in [1.165, 1.54) is 0 Å². The molecule has 130 valence electrons. The van der Waals surface area contributed by atoms with Crippen LogP contribution in [0, 0.1) is 0 Å². The van der Waals surface area contributed by atoms with Gasteiger partial charge in [0.2, 0.25) is 5.69 Å². The number of rotatable bonds is 4. The van der Waals surface area contributed by atoms with Gasteiger partial charge in [0.1, 0.15) is 0 Å². The van der Waals surface area contributed by atoms with Crippen molar-refractivity contribution in [3.05, 3.63) is 42.2 Å². The summed E-state index contributed by atoms with van der Waals surface area (Å²) in [4.78, 5) is 16.3. The van der Waals surface area contributed by atoms with Gasteiger partial charge in [-0.25, -0.2) is 0 Å². The number of nitrogens with one attached hydrogen (secondary N) is 2. The second-order valence-corrected chi connectivity index (χ2v) is 6.14. The number of hydrogen-bond donors (Lipinski definition) is 3. The number of fused-ring (bicyclic) bond motifs is 1. The minimum Gasteiger partial charge on any atom is -0.376 e. The molecular formula is C17H21N6O2+. The van der Waals surface area contributed by atoms with Crippen LogP contribution in [0.25, 0.3) is 10.9 Å². The molecule has 2 heterocycles. The fourth-order valence-electron chi connectivity index (χ4n) is 2.63. The second kappa shape index (κ2) is 6.31. The molecule has 3 aromatic rings. The van der Waals surface area contributed by atoms with E-state index in [-0.39, 0.29) is 5.69 Å². The highest BCUT2D eigenvalue weighted by molar-refractivity contribution is 6.05. The fraction of sp³-hybridized carbons (Fsp3) is 0.235. The van der Waals surface area contributed by atoms with Crippen molar-refractivity contribution in [3.8, 4) is 0 Å². The highest BCUT2D eigenvalue weighted by Gasteiger charge is 2.22. The van der Waals surface area contributed by atoms with Gasteiger partial charge in [-0.3, -0.25) is 14.8 Å². The number of aromatic nitrogens is 3. The second-order valence-electron chi connectivity index (χ2n) is 6.14. The normalized spacial score (nSPS) is 10.7. The van der Waals surface area contributed by atoms with E-state index in [0.29, 0.717) is 11.5 Å². The summed E-state index contributed by atoms with van der Waals surface area (Å²) >= 11 is 0. The fourth-order valence-corrected chi connectivity index (χ4v) is 2.63. The summed E-state index contributed by atoms with van der Waals surface area (Å²) in [6, 6.07) is 8.75. The molecule has 3 rings (SSSR count). The van der Waals surface area contributed by atoms with Crippen LogP contribution in [0.3, 0.4) is 0 Å². The molecule has 8 nitrogen and oxygen atoms in total. The van der Waals surface area contributed by atoms with Gasteiger partial charge >= 0.3 is 5.82 Å². The van der Waals surface area contributed by atoms with Gasteiger partial charge < -0.3 is 15.4 Å². The molecule has 25 heavy (non-hydrogen) atoms. The summed E-state index contributed by atoms with van der Waals surface area (Å²) in [6.45, 7) is 0. The number of carbonyl (C=O) groups is 1. The topological polar surface area (TPSA) is 88.4 Å². The van der Waals surface area contributed by atoms with Crippen molar-refractivity contribution < 1.29 is 14.7 Å². The van der Waals surface area contributed by atoms with E-state index in [1.54, 1.807) is 43.4 Å². The largest absolute Gasteiger partial charge is 0.376 e. The molecule has 2 aromatic heterocycles. The van der Waals surface area contributed by atoms with Gasteiger partial charge in [-0.15, -0.1) is 0 Å². The smallest absolute Gasteiger partial charge is 0.316 e. The van der Waals surface area contributed by atoms with Crippen LogP contribution in [0.4, 0.5) is 17.2 Å². The van der Waals surface area contributed by atoms with Crippen LogP contribution in [0.2, 0.25) is 0 Å². The molecule has 0 bridgehead atoms. The molecule has 0 saturated heterocycles. The molecule has 1 amide bonds. The Labute approximate surface area is 145 Å². The lowest BCUT2D eigenvalue weighted by Gasteiger charge is -2.18. The van der Waals surface area contributed by atoms with Crippen LogP contribution in [0.5, 0.6) is 0 Å². The Morgan fingerprint density at radius 2 is 1.96 bits per heavy atom. The van der Waals surface area contributed by atoms with E-state index in [9.17, 15) is 10.0 Å². The first kappa shape index (κ1) is 16.6. The first-order valence-corrected chi connectivity index (χ1v) is 7.76. The summed E-state index contributed by atoms with van der Waals surface area (Å²) in [7, 11) is 7.37. The molecular weight excluding hydrogens is 320 g/mol. The Bertz CT molecular complexity index is 932. The van der Waals surface area contributed by atoms with Crippen LogP contribution in [0.1, 0.15) is 10.5 Å². The molecule has 0 spiro atoms. The number of H-pyrrole nitrogens is 1. The van der Waals surface area contributed by atoms with Crippen molar-refractivity contribution in [1.82, 2.24) is 10.2 Å². The van der Waals surface area contributed by atoms with Crippen molar-refractivity contribution in [1.29, 1.82) is 0 Å². The molecule has 0 atom stereocenters. The monoisotopic (exact) mass is 341 g/mol. The number of nitrogens with zero attached hydrogens (tertiary/aromatic N) is 4. The highest BCUT2D eigenvalue weighted by atomic mass is 16.5. The van der Waals surface area contributed by atoms with Crippen LogP contribution >= 0.6 is 0 Å². The van der Waals surface area contributed by atoms with Crippen molar-refractivity contribution in [3.63, 3.8) is 0 Å². The first-order chi connectivity index (χ1) is 11.9. The van der Waals surface area contributed by atoms with E-state index in [1.807, 2.05) is 31.1 Å². The SMILES string of the molecule is CN(C)c1cc2n[nH]cc2cc1NC(=O)c1cccc(N(C)C)[n+]1O. The summed E-state index contributed by atoms with van der Waals surface area (Å²) in [5, 5.41) is 21.1. The number of aromatic amines is 1. The highest BCUT2D eigenvalue weighted by Crippen LogP contribution is 2.29. The van der Waals surface area contributed by atoms with E-state index < -0.39 is 5.91 Å². The molecule has 0 unspecified atom stereocenters. The Kier molecular flexibility index (Phi) is 4.18. The van der Waals surface area contributed by atoms with Gasteiger partial charge in [0.25, 0.3) is 5.91 Å². The zero-order chi connectivity index (χ0) is 18.1. The lowest BCUT2D eigenvalue weighted by atomic mass is 10.2. The molecule has 0 aliphatic rings. The lowest BCUT2D eigenvalue weighted by Crippen LogP contribution is -2.44. The first-order valence-electron chi connectivity index (χ1n) is 7.76. The Morgan fingerprint density at radius 1 is 1.20 bits per heavy atom. The number of carbonyl (C=O) groups excluding carboxylic acids is 1. The predicted molar refractivity (Wildman–Crippen MR) is 96.5 cm³/mol. The zero-order valence-electron chi connectivity index (χ0n) is 14.6. The lowest BCUT2D eigenvalue weighted by molar-refractivity contribution is -0.895. The minimum absolute atomic E-state index is 0.142. The van der Waals surface area contributed by atoms with Gasteiger partial charge in [-0.1, -0.05) is 0 Å². The minimum atomic E-state index is -0.405. The maximum atomic E-state index is 12.7. The van der Waals surface area contributed by atoms with E-state index >= 15 is 0 Å². The number of anilines is 3. The van der Waals surface area contributed by atoms with Gasteiger partial charge in [-0.2, -0.15) is 5.10 Å². The molecule has 3 N–H and O–H groups in total. The molecule has 1 aromatic carbocycles. The van der Waals surface area contributed by atoms with Crippen LogP contribution in [-0.4, -0.2) is 49.5 Å². The van der Waals surface area contributed by atoms with Gasteiger partial charge in [0.05, 0.1) is 31.0 Å².